The van der Waals surface area contributed by atoms with E-state index in [2.05, 4.69) is 59.3 Å². The van der Waals surface area contributed by atoms with E-state index in [1.54, 1.807) is 0 Å². The van der Waals surface area contributed by atoms with Crippen LogP contribution in [0.4, 0.5) is 0 Å². The number of hydrogen-bond donors (Lipinski definition) is 0. The summed E-state index contributed by atoms with van der Waals surface area (Å²) in [6.45, 7) is 3.08. The smallest absolute Gasteiger partial charge is 0.128 e. The molecule has 0 fully saturated rings. The molecule has 3 heteroatoms. The Kier molecular flexibility index (Phi) is 2.38. The van der Waals surface area contributed by atoms with Crippen LogP contribution < -0.4 is 4.74 Å². The highest BCUT2D eigenvalue weighted by atomic mass is 127. The molecule has 0 saturated heterocycles. The predicted octanol–water partition coefficient (Wildman–Crippen LogP) is 3.35. The number of nitrogens with zero attached hydrogens (tertiary/aromatic N) is 1. The molecule has 1 atom stereocenters. The molecule has 0 N–H and O–H groups in total. The van der Waals surface area contributed by atoms with Crippen LogP contribution in [0.3, 0.4) is 0 Å². The third-order valence-corrected chi connectivity index (χ3v) is 4.66. The maximum absolute atomic E-state index is 5.88. The molecule has 0 bridgehead atoms. The van der Waals surface area contributed by atoms with Gasteiger partial charge in [0, 0.05) is 12.4 Å². The molecule has 0 saturated carbocycles. The highest BCUT2D eigenvalue weighted by molar-refractivity contribution is 14.1. The van der Waals surface area contributed by atoms with Crippen molar-refractivity contribution in [2.24, 2.45) is 13.0 Å². The van der Waals surface area contributed by atoms with Crippen molar-refractivity contribution < 1.29 is 4.74 Å². The molecule has 1 unspecified atom stereocenters. The number of ether oxygens (including phenoxy) is 1. The van der Waals surface area contributed by atoms with Gasteiger partial charge in [0.25, 0.3) is 0 Å². The van der Waals surface area contributed by atoms with Crippen LogP contribution in [-0.4, -0.2) is 11.2 Å². The van der Waals surface area contributed by atoms with Gasteiger partial charge in [0.1, 0.15) is 5.75 Å². The van der Waals surface area contributed by atoms with E-state index in [1.165, 1.54) is 20.2 Å². The summed E-state index contributed by atoms with van der Waals surface area (Å²) < 4.78 is 9.49. The van der Waals surface area contributed by atoms with E-state index in [4.69, 9.17) is 4.74 Å². The molecule has 2 nitrogen and oxygen atoms in total. The lowest BCUT2D eigenvalue weighted by molar-refractivity contribution is 0.267. The van der Waals surface area contributed by atoms with E-state index < -0.39 is 0 Å². The standard InChI is InChI=1S/C13H14INO/c1-8-6-9-12-10(15(2)13(9)14)4-3-5-11(12)16-7-8/h3-5,8H,6-7H2,1-2H3. The third-order valence-electron chi connectivity index (χ3n) is 3.29. The van der Waals surface area contributed by atoms with Crippen molar-refractivity contribution in [2.75, 3.05) is 6.61 Å². The first-order chi connectivity index (χ1) is 7.68. The Labute approximate surface area is 109 Å². The number of rotatable bonds is 0. The summed E-state index contributed by atoms with van der Waals surface area (Å²) in [4.78, 5) is 0. The molecule has 0 amide bonds. The molecule has 0 aliphatic carbocycles. The van der Waals surface area contributed by atoms with Crippen LogP contribution in [0.5, 0.6) is 5.75 Å². The Hall–Kier alpha value is -0.710. The monoisotopic (exact) mass is 327 g/mol. The normalized spacial score (nSPS) is 19.6. The van der Waals surface area contributed by atoms with Crippen molar-refractivity contribution in [3.8, 4) is 5.75 Å². The van der Waals surface area contributed by atoms with Crippen LogP contribution >= 0.6 is 22.6 Å². The summed E-state index contributed by atoms with van der Waals surface area (Å²) in [5, 5.41) is 1.32. The lowest BCUT2D eigenvalue weighted by atomic mass is 10.0. The zero-order valence-corrected chi connectivity index (χ0v) is 11.6. The summed E-state index contributed by atoms with van der Waals surface area (Å²) in [5.41, 5.74) is 2.74. The lowest BCUT2D eigenvalue weighted by Gasteiger charge is -2.09. The SMILES string of the molecule is CC1COc2cccc3c2c(c(I)n3C)C1. The molecular weight excluding hydrogens is 313 g/mol. The van der Waals surface area contributed by atoms with Crippen LogP contribution in [0, 0.1) is 9.62 Å². The topological polar surface area (TPSA) is 14.2 Å². The Balaban J connectivity index is 2.40. The van der Waals surface area contributed by atoms with Gasteiger partial charge in [-0.2, -0.15) is 0 Å². The number of benzene rings is 1. The second kappa shape index (κ2) is 3.65. The third kappa shape index (κ3) is 1.37. The van der Waals surface area contributed by atoms with E-state index in [1.807, 2.05) is 0 Å². The van der Waals surface area contributed by atoms with Gasteiger partial charge in [0.2, 0.25) is 0 Å². The molecule has 2 heterocycles. The summed E-state index contributed by atoms with van der Waals surface area (Å²) in [6, 6.07) is 6.33. The first kappa shape index (κ1) is 10.4. The molecule has 1 aliphatic heterocycles. The van der Waals surface area contributed by atoms with Crippen molar-refractivity contribution in [1.29, 1.82) is 0 Å². The zero-order chi connectivity index (χ0) is 11.3. The van der Waals surface area contributed by atoms with Crippen LogP contribution in [0.25, 0.3) is 10.9 Å². The fourth-order valence-electron chi connectivity index (χ4n) is 2.46. The van der Waals surface area contributed by atoms with E-state index in [0.717, 1.165) is 18.8 Å². The Morgan fingerprint density at radius 3 is 3.06 bits per heavy atom. The maximum atomic E-state index is 5.88. The van der Waals surface area contributed by atoms with Crippen molar-refractivity contribution in [1.82, 2.24) is 4.57 Å². The Bertz CT molecular complexity index is 559. The van der Waals surface area contributed by atoms with Gasteiger partial charge in [-0.3, -0.25) is 0 Å². The van der Waals surface area contributed by atoms with Gasteiger partial charge in [0.05, 0.1) is 15.8 Å². The number of halogens is 1. The summed E-state index contributed by atoms with van der Waals surface area (Å²) >= 11 is 2.44. The largest absolute Gasteiger partial charge is 0.493 e. The Morgan fingerprint density at radius 2 is 2.25 bits per heavy atom. The molecule has 2 aromatic rings. The fraction of sp³-hybridized carbons (Fsp3) is 0.385. The average Bonchev–Trinajstić information content (AvgIpc) is 2.47. The number of hydrogen-bond acceptors (Lipinski definition) is 1. The van der Waals surface area contributed by atoms with Gasteiger partial charge in [0.15, 0.2) is 0 Å². The second-order valence-electron chi connectivity index (χ2n) is 4.60. The highest BCUT2D eigenvalue weighted by Crippen LogP contribution is 2.37. The van der Waals surface area contributed by atoms with E-state index >= 15 is 0 Å². The van der Waals surface area contributed by atoms with E-state index in [0.29, 0.717) is 5.92 Å². The minimum Gasteiger partial charge on any atom is -0.493 e. The zero-order valence-electron chi connectivity index (χ0n) is 9.46. The first-order valence-corrected chi connectivity index (χ1v) is 6.65. The molecule has 16 heavy (non-hydrogen) atoms. The van der Waals surface area contributed by atoms with Crippen LogP contribution in [-0.2, 0) is 13.5 Å². The number of aryl methyl sites for hydroxylation is 1. The van der Waals surface area contributed by atoms with Gasteiger partial charge in [-0.1, -0.05) is 13.0 Å². The highest BCUT2D eigenvalue weighted by Gasteiger charge is 2.22. The van der Waals surface area contributed by atoms with Gasteiger partial charge < -0.3 is 9.30 Å². The summed E-state index contributed by atoms with van der Waals surface area (Å²) in [7, 11) is 2.13. The van der Waals surface area contributed by atoms with Gasteiger partial charge in [-0.05, 0) is 52.6 Å². The van der Waals surface area contributed by atoms with Gasteiger partial charge in [-0.25, -0.2) is 0 Å². The second-order valence-corrected chi connectivity index (χ2v) is 5.62. The first-order valence-electron chi connectivity index (χ1n) is 5.57. The molecule has 0 radical (unpaired) electrons. The summed E-state index contributed by atoms with van der Waals surface area (Å²) in [5.74, 6) is 1.64. The van der Waals surface area contributed by atoms with Crippen molar-refractivity contribution in [3.63, 3.8) is 0 Å². The van der Waals surface area contributed by atoms with Crippen molar-refractivity contribution in [3.05, 3.63) is 27.5 Å². The molecule has 3 rings (SSSR count). The van der Waals surface area contributed by atoms with Crippen LogP contribution in [0.15, 0.2) is 18.2 Å². The van der Waals surface area contributed by atoms with Crippen molar-refractivity contribution >= 4 is 33.5 Å². The molecule has 0 spiro atoms. The minimum atomic E-state index is 0.589. The summed E-state index contributed by atoms with van der Waals surface area (Å²) in [6.07, 6.45) is 1.12. The number of aromatic nitrogens is 1. The van der Waals surface area contributed by atoms with Crippen molar-refractivity contribution in [2.45, 2.75) is 13.3 Å². The van der Waals surface area contributed by atoms with Crippen LogP contribution in [0.1, 0.15) is 12.5 Å². The Morgan fingerprint density at radius 1 is 1.44 bits per heavy atom. The molecular formula is C13H14INO. The maximum Gasteiger partial charge on any atom is 0.128 e. The van der Waals surface area contributed by atoms with Crippen LogP contribution in [0.2, 0.25) is 0 Å². The molecule has 1 aromatic carbocycles. The quantitative estimate of drug-likeness (QED) is 0.677. The van der Waals surface area contributed by atoms with E-state index in [9.17, 15) is 0 Å². The van der Waals surface area contributed by atoms with Gasteiger partial charge >= 0.3 is 0 Å². The molecule has 84 valence electrons. The minimum absolute atomic E-state index is 0.589. The fourth-order valence-corrected chi connectivity index (χ4v) is 3.21. The van der Waals surface area contributed by atoms with Gasteiger partial charge in [-0.15, -0.1) is 0 Å². The average molecular weight is 327 g/mol. The molecule has 1 aliphatic rings. The lowest BCUT2D eigenvalue weighted by Crippen LogP contribution is -2.09. The van der Waals surface area contributed by atoms with E-state index in [-0.39, 0.29) is 0 Å². The predicted molar refractivity (Wildman–Crippen MR) is 74.0 cm³/mol. The molecule has 1 aromatic heterocycles.